The van der Waals surface area contributed by atoms with Crippen LogP contribution in [0.3, 0.4) is 0 Å². The lowest BCUT2D eigenvalue weighted by Crippen LogP contribution is -2.28. The van der Waals surface area contributed by atoms with Crippen LogP contribution in [0, 0.1) is 0 Å². The van der Waals surface area contributed by atoms with Crippen LogP contribution in [-0.4, -0.2) is 38.8 Å². The van der Waals surface area contributed by atoms with Gasteiger partial charge in [0.15, 0.2) is 0 Å². The highest BCUT2D eigenvalue weighted by atomic mass is 16.5. The highest BCUT2D eigenvalue weighted by Gasteiger charge is 2.27. The number of nitrogen functional groups attached to an aromatic ring is 1. The SMILES string of the molecule is Nc1nccn2c(C3CCC(CO)OC3)nc(-c3ccc(Oc4ccccc4)cc3)c12. The van der Waals surface area contributed by atoms with Crippen molar-refractivity contribution in [1.82, 2.24) is 14.4 Å². The van der Waals surface area contributed by atoms with Crippen LogP contribution in [-0.2, 0) is 4.74 Å². The average Bonchev–Trinajstić information content (AvgIpc) is 3.21. The van der Waals surface area contributed by atoms with Gasteiger partial charge in [-0.25, -0.2) is 9.97 Å². The van der Waals surface area contributed by atoms with Crippen molar-refractivity contribution in [3.8, 4) is 22.8 Å². The number of fused-ring (bicyclic) bond motifs is 1. The Morgan fingerprint density at radius 1 is 1.06 bits per heavy atom. The van der Waals surface area contributed by atoms with Gasteiger partial charge in [0, 0.05) is 23.9 Å². The van der Waals surface area contributed by atoms with Gasteiger partial charge in [-0.05, 0) is 49.2 Å². The van der Waals surface area contributed by atoms with Crippen LogP contribution >= 0.6 is 0 Å². The van der Waals surface area contributed by atoms with Crippen molar-refractivity contribution in [2.75, 3.05) is 18.9 Å². The molecule has 0 amide bonds. The lowest BCUT2D eigenvalue weighted by Gasteiger charge is -2.27. The molecule has 0 radical (unpaired) electrons. The molecule has 1 saturated heterocycles. The normalized spacial score (nSPS) is 18.9. The second kappa shape index (κ2) is 8.37. The number of nitrogens with zero attached hydrogens (tertiary/aromatic N) is 3. The van der Waals surface area contributed by atoms with Crippen molar-refractivity contribution in [3.63, 3.8) is 0 Å². The number of imidazole rings is 1. The van der Waals surface area contributed by atoms with E-state index >= 15 is 0 Å². The molecule has 7 nitrogen and oxygen atoms in total. The number of anilines is 1. The number of hydrogen-bond acceptors (Lipinski definition) is 6. The standard InChI is InChI=1S/C24H24N4O3/c25-23-22-21(16-6-9-19(10-7-16)31-18-4-2-1-3-5-18)27-24(28(22)13-12-26-23)17-8-11-20(14-29)30-15-17/h1-7,9-10,12-13,17,20,29H,8,11,14-15H2,(H2,25,26). The zero-order valence-electron chi connectivity index (χ0n) is 17.0. The Hall–Kier alpha value is -3.42. The van der Waals surface area contributed by atoms with Crippen LogP contribution in [0.2, 0.25) is 0 Å². The fourth-order valence-electron chi connectivity index (χ4n) is 4.04. The summed E-state index contributed by atoms with van der Waals surface area (Å²) in [5, 5.41) is 9.34. The number of ether oxygens (including phenoxy) is 2. The van der Waals surface area contributed by atoms with Crippen LogP contribution in [0.15, 0.2) is 67.0 Å². The summed E-state index contributed by atoms with van der Waals surface area (Å²) in [4.78, 5) is 9.25. The first-order chi connectivity index (χ1) is 15.2. The Labute approximate surface area is 180 Å². The zero-order valence-corrected chi connectivity index (χ0v) is 17.0. The van der Waals surface area contributed by atoms with Crippen molar-refractivity contribution in [2.24, 2.45) is 0 Å². The van der Waals surface area contributed by atoms with E-state index < -0.39 is 0 Å². The predicted molar refractivity (Wildman–Crippen MR) is 118 cm³/mol. The summed E-state index contributed by atoms with van der Waals surface area (Å²) in [7, 11) is 0. The van der Waals surface area contributed by atoms with Crippen LogP contribution in [0.4, 0.5) is 5.82 Å². The molecule has 0 saturated carbocycles. The molecular weight excluding hydrogens is 392 g/mol. The molecule has 0 bridgehead atoms. The van der Waals surface area contributed by atoms with Gasteiger partial charge in [0.05, 0.1) is 19.3 Å². The van der Waals surface area contributed by atoms with Crippen molar-refractivity contribution >= 4 is 11.3 Å². The summed E-state index contributed by atoms with van der Waals surface area (Å²) < 4.78 is 13.7. The van der Waals surface area contributed by atoms with Gasteiger partial charge in [-0.15, -0.1) is 0 Å². The van der Waals surface area contributed by atoms with Gasteiger partial charge in [0.2, 0.25) is 0 Å². The maximum Gasteiger partial charge on any atom is 0.150 e. The molecule has 7 heteroatoms. The molecule has 2 aromatic heterocycles. The van der Waals surface area contributed by atoms with Crippen LogP contribution in [0.1, 0.15) is 24.6 Å². The molecular formula is C24H24N4O3. The molecule has 1 aliphatic heterocycles. The summed E-state index contributed by atoms with van der Waals surface area (Å²) in [5.74, 6) is 3.01. The lowest BCUT2D eigenvalue weighted by molar-refractivity contribution is -0.0282. The molecule has 1 fully saturated rings. The summed E-state index contributed by atoms with van der Waals surface area (Å²) in [6.45, 7) is 0.574. The molecule has 158 valence electrons. The maximum absolute atomic E-state index is 9.34. The largest absolute Gasteiger partial charge is 0.457 e. The van der Waals surface area contributed by atoms with Gasteiger partial charge in [0.25, 0.3) is 0 Å². The molecule has 5 rings (SSSR count). The second-order valence-corrected chi connectivity index (χ2v) is 7.70. The third-order valence-electron chi connectivity index (χ3n) is 5.66. The number of hydrogen-bond donors (Lipinski definition) is 2. The molecule has 2 unspecified atom stereocenters. The van der Waals surface area contributed by atoms with E-state index in [-0.39, 0.29) is 18.6 Å². The van der Waals surface area contributed by atoms with Gasteiger partial charge in [-0.2, -0.15) is 0 Å². The minimum Gasteiger partial charge on any atom is -0.457 e. The van der Waals surface area contributed by atoms with E-state index in [1.54, 1.807) is 6.20 Å². The Morgan fingerprint density at radius 3 is 2.55 bits per heavy atom. The van der Waals surface area contributed by atoms with Crippen molar-refractivity contribution < 1.29 is 14.6 Å². The number of aromatic nitrogens is 3. The van der Waals surface area contributed by atoms with Crippen LogP contribution in [0.5, 0.6) is 11.5 Å². The molecule has 1 aliphatic rings. The zero-order chi connectivity index (χ0) is 21.2. The first kappa shape index (κ1) is 19.5. The fourth-order valence-corrected chi connectivity index (χ4v) is 4.04. The Morgan fingerprint density at radius 2 is 1.84 bits per heavy atom. The minimum absolute atomic E-state index is 0.0502. The molecule has 0 aliphatic carbocycles. The van der Waals surface area contributed by atoms with Gasteiger partial charge < -0.3 is 20.3 Å². The molecule has 3 N–H and O–H groups in total. The van der Waals surface area contributed by atoms with E-state index in [0.29, 0.717) is 12.4 Å². The van der Waals surface area contributed by atoms with E-state index in [0.717, 1.165) is 46.9 Å². The van der Waals surface area contributed by atoms with Crippen molar-refractivity contribution in [1.29, 1.82) is 0 Å². The fraction of sp³-hybridized carbons (Fsp3) is 0.250. The minimum atomic E-state index is -0.0918. The van der Waals surface area contributed by atoms with Crippen molar-refractivity contribution in [3.05, 3.63) is 72.8 Å². The monoisotopic (exact) mass is 416 g/mol. The third kappa shape index (κ3) is 3.85. The Balaban J connectivity index is 1.48. The molecule has 31 heavy (non-hydrogen) atoms. The summed E-state index contributed by atoms with van der Waals surface area (Å²) in [5.41, 5.74) is 8.77. The van der Waals surface area contributed by atoms with Gasteiger partial charge in [-0.3, -0.25) is 4.40 Å². The molecule has 4 aromatic rings. The summed E-state index contributed by atoms with van der Waals surface area (Å²) in [6.07, 6.45) is 5.19. The number of nitrogens with two attached hydrogens (primary N) is 1. The number of rotatable bonds is 5. The lowest BCUT2D eigenvalue weighted by atomic mass is 9.98. The van der Waals surface area contributed by atoms with Gasteiger partial charge in [0.1, 0.15) is 34.4 Å². The van der Waals surface area contributed by atoms with Crippen molar-refractivity contribution in [2.45, 2.75) is 24.9 Å². The molecule has 0 spiro atoms. The average molecular weight is 416 g/mol. The number of para-hydroxylation sites is 1. The van der Waals surface area contributed by atoms with Gasteiger partial charge >= 0.3 is 0 Å². The van der Waals surface area contributed by atoms with E-state index in [2.05, 4.69) is 4.98 Å². The first-order valence-corrected chi connectivity index (χ1v) is 10.4. The molecule has 2 aromatic carbocycles. The smallest absolute Gasteiger partial charge is 0.150 e. The number of aliphatic hydroxyl groups is 1. The van der Waals surface area contributed by atoms with Crippen LogP contribution < -0.4 is 10.5 Å². The van der Waals surface area contributed by atoms with E-state index in [1.807, 2.05) is 65.2 Å². The topological polar surface area (TPSA) is 94.9 Å². The first-order valence-electron chi connectivity index (χ1n) is 10.4. The van der Waals surface area contributed by atoms with Crippen LogP contribution in [0.25, 0.3) is 16.8 Å². The number of benzene rings is 2. The maximum atomic E-state index is 9.34. The highest BCUT2D eigenvalue weighted by Crippen LogP contribution is 2.35. The van der Waals surface area contributed by atoms with E-state index in [1.165, 1.54) is 0 Å². The molecule has 2 atom stereocenters. The van der Waals surface area contributed by atoms with Gasteiger partial charge in [-0.1, -0.05) is 18.2 Å². The second-order valence-electron chi connectivity index (χ2n) is 7.70. The summed E-state index contributed by atoms with van der Waals surface area (Å²) >= 11 is 0. The quantitative estimate of drug-likeness (QED) is 0.510. The third-order valence-corrected chi connectivity index (χ3v) is 5.66. The highest BCUT2D eigenvalue weighted by molar-refractivity contribution is 5.85. The van der Waals surface area contributed by atoms with E-state index in [9.17, 15) is 5.11 Å². The Bertz CT molecular complexity index is 1170. The number of aliphatic hydroxyl groups excluding tert-OH is 1. The predicted octanol–water partition coefficient (Wildman–Crippen LogP) is 4.03. The molecule has 3 heterocycles. The Kier molecular flexibility index (Phi) is 5.28. The van der Waals surface area contributed by atoms with E-state index in [4.69, 9.17) is 20.2 Å². The summed E-state index contributed by atoms with van der Waals surface area (Å²) in [6, 6.07) is 17.5.